The summed E-state index contributed by atoms with van der Waals surface area (Å²) in [6.07, 6.45) is 6.63. The van der Waals surface area contributed by atoms with Crippen LogP contribution in [0.25, 0.3) is 4.96 Å². The van der Waals surface area contributed by atoms with E-state index < -0.39 is 0 Å². The Morgan fingerprint density at radius 1 is 1.50 bits per heavy atom. The van der Waals surface area contributed by atoms with Crippen LogP contribution in [0.15, 0.2) is 22.8 Å². The van der Waals surface area contributed by atoms with E-state index in [1.54, 1.807) is 11.3 Å². The van der Waals surface area contributed by atoms with Crippen LogP contribution in [-0.4, -0.2) is 53.1 Å². The molecule has 0 aromatic carbocycles. The Morgan fingerprint density at radius 3 is 3.00 bits per heavy atom. The van der Waals surface area contributed by atoms with E-state index in [-0.39, 0.29) is 0 Å². The smallest absolute Gasteiger partial charge is 0.193 e. The van der Waals surface area contributed by atoms with Gasteiger partial charge >= 0.3 is 0 Å². The molecule has 1 fully saturated rings. The first-order valence-electron chi connectivity index (χ1n) is 7.78. The van der Waals surface area contributed by atoms with Crippen molar-refractivity contribution in [3.63, 3.8) is 0 Å². The molecule has 0 atom stereocenters. The highest BCUT2D eigenvalue weighted by Gasteiger charge is 2.21. The largest absolute Gasteiger partial charge is 0.378 e. The molecular weight excluding hydrogens is 298 g/mol. The molecule has 6 nitrogen and oxygen atoms in total. The van der Waals surface area contributed by atoms with Gasteiger partial charge in [-0.1, -0.05) is 0 Å². The Balaban J connectivity index is 1.53. The molecule has 1 aliphatic heterocycles. The average molecular weight is 321 g/mol. The Bertz CT molecular complexity index is 598. The molecule has 120 valence electrons. The third-order valence-electron chi connectivity index (χ3n) is 3.93. The number of hydrogen-bond acceptors (Lipinski definition) is 4. The third kappa shape index (κ3) is 3.41. The van der Waals surface area contributed by atoms with Crippen LogP contribution in [0.5, 0.6) is 0 Å². The fourth-order valence-electron chi connectivity index (χ4n) is 2.83. The first kappa shape index (κ1) is 15.3. The van der Waals surface area contributed by atoms with Crippen LogP contribution in [0.4, 0.5) is 0 Å². The topological polar surface area (TPSA) is 54.2 Å². The third-order valence-corrected chi connectivity index (χ3v) is 4.70. The maximum atomic E-state index is 5.70. The molecule has 0 unspecified atom stereocenters. The molecule has 0 bridgehead atoms. The van der Waals surface area contributed by atoms with Gasteiger partial charge in [-0.15, -0.1) is 11.3 Å². The zero-order valence-corrected chi connectivity index (χ0v) is 14.0. The fraction of sp³-hybridized carbons (Fsp3) is 0.600. The van der Waals surface area contributed by atoms with Crippen LogP contribution < -0.4 is 5.32 Å². The van der Waals surface area contributed by atoms with Gasteiger partial charge in [-0.3, -0.25) is 9.39 Å². The van der Waals surface area contributed by atoms with Crippen LogP contribution in [-0.2, 0) is 11.3 Å². The maximum absolute atomic E-state index is 5.70. The number of imidazole rings is 1. The number of guanidine groups is 1. The van der Waals surface area contributed by atoms with E-state index in [0.29, 0.717) is 12.6 Å². The lowest BCUT2D eigenvalue weighted by Gasteiger charge is -2.33. The molecule has 2 aromatic heterocycles. The van der Waals surface area contributed by atoms with E-state index in [1.807, 2.05) is 18.6 Å². The van der Waals surface area contributed by atoms with E-state index in [2.05, 4.69) is 37.7 Å². The molecule has 2 aromatic rings. The summed E-state index contributed by atoms with van der Waals surface area (Å²) in [6, 6.07) is 0. The quantitative estimate of drug-likeness (QED) is 0.691. The molecule has 1 saturated heterocycles. The van der Waals surface area contributed by atoms with E-state index in [4.69, 9.17) is 4.74 Å². The number of thiazole rings is 1. The number of piperidine rings is 1. The van der Waals surface area contributed by atoms with Gasteiger partial charge in [0.15, 0.2) is 10.9 Å². The second kappa shape index (κ2) is 7.11. The van der Waals surface area contributed by atoms with E-state index in [1.165, 1.54) is 0 Å². The first-order chi connectivity index (χ1) is 10.8. The van der Waals surface area contributed by atoms with Crippen LogP contribution in [0.1, 0.15) is 25.5 Å². The molecule has 22 heavy (non-hydrogen) atoms. The Morgan fingerprint density at radius 2 is 2.32 bits per heavy atom. The van der Waals surface area contributed by atoms with Gasteiger partial charge in [-0.05, 0) is 19.8 Å². The summed E-state index contributed by atoms with van der Waals surface area (Å²) in [5.41, 5.74) is 1.04. The van der Waals surface area contributed by atoms with E-state index in [9.17, 15) is 0 Å². The van der Waals surface area contributed by atoms with Gasteiger partial charge in [-0.2, -0.15) is 0 Å². The number of hydrogen-bond donors (Lipinski definition) is 1. The molecule has 0 aliphatic carbocycles. The van der Waals surface area contributed by atoms with Gasteiger partial charge in [0.1, 0.15) is 0 Å². The van der Waals surface area contributed by atoms with Gasteiger partial charge < -0.3 is 15.0 Å². The van der Waals surface area contributed by atoms with Gasteiger partial charge in [0.25, 0.3) is 0 Å². The minimum absolute atomic E-state index is 0.402. The highest BCUT2D eigenvalue weighted by atomic mass is 32.1. The lowest BCUT2D eigenvalue weighted by Crippen LogP contribution is -2.46. The summed E-state index contributed by atoms with van der Waals surface area (Å²) in [5.74, 6) is 0.950. The Kier molecular flexibility index (Phi) is 4.94. The van der Waals surface area contributed by atoms with Crippen molar-refractivity contribution in [1.29, 1.82) is 0 Å². The molecule has 1 N–H and O–H groups in total. The zero-order chi connectivity index (χ0) is 15.4. The van der Waals surface area contributed by atoms with Crippen LogP contribution in [0.2, 0.25) is 0 Å². The van der Waals surface area contributed by atoms with Gasteiger partial charge in [-0.25, -0.2) is 4.98 Å². The summed E-state index contributed by atoms with van der Waals surface area (Å²) in [6.45, 7) is 5.54. The monoisotopic (exact) mass is 321 g/mol. The molecule has 0 saturated carbocycles. The standard InChI is InChI=1S/C15H23N5OS/c1-3-21-13-4-6-19(7-5-13)14(16-2)17-10-12-11-20-8-9-22-15(20)18-12/h8-9,11,13H,3-7,10H2,1-2H3,(H,16,17). The van der Waals surface area contributed by atoms with Crippen molar-refractivity contribution in [3.05, 3.63) is 23.5 Å². The van der Waals surface area contributed by atoms with Crippen molar-refractivity contribution >= 4 is 22.3 Å². The van der Waals surface area contributed by atoms with Gasteiger partial charge in [0.05, 0.1) is 18.3 Å². The number of aliphatic imine (C=N–C) groups is 1. The predicted molar refractivity (Wildman–Crippen MR) is 89.5 cm³/mol. The summed E-state index contributed by atoms with van der Waals surface area (Å²) >= 11 is 1.65. The molecule has 0 spiro atoms. The van der Waals surface area contributed by atoms with Crippen molar-refractivity contribution in [2.75, 3.05) is 26.7 Å². The lowest BCUT2D eigenvalue weighted by molar-refractivity contribution is 0.0263. The molecule has 3 rings (SSSR count). The number of nitrogens with zero attached hydrogens (tertiary/aromatic N) is 4. The number of ether oxygens (including phenoxy) is 1. The number of aromatic nitrogens is 2. The molecule has 3 heterocycles. The highest BCUT2D eigenvalue weighted by molar-refractivity contribution is 7.15. The number of nitrogens with one attached hydrogen (secondary N) is 1. The van der Waals surface area contributed by atoms with Crippen LogP contribution in [0, 0.1) is 0 Å². The van der Waals surface area contributed by atoms with Crippen molar-refractivity contribution < 1.29 is 4.74 Å². The lowest BCUT2D eigenvalue weighted by atomic mass is 10.1. The Hall–Kier alpha value is -1.60. The highest BCUT2D eigenvalue weighted by Crippen LogP contribution is 2.14. The predicted octanol–water partition coefficient (Wildman–Crippen LogP) is 1.97. The Labute approximate surface area is 134 Å². The van der Waals surface area contributed by atoms with Crippen molar-refractivity contribution in [2.24, 2.45) is 4.99 Å². The van der Waals surface area contributed by atoms with Crippen molar-refractivity contribution in [2.45, 2.75) is 32.4 Å². The normalized spacial score (nSPS) is 17.4. The summed E-state index contributed by atoms with van der Waals surface area (Å²) in [7, 11) is 1.84. The van der Waals surface area contributed by atoms with Crippen molar-refractivity contribution in [1.82, 2.24) is 19.6 Å². The van der Waals surface area contributed by atoms with Crippen molar-refractivity contribution in [3.8, 4) is 0 Å². The minimum Gasteiger partial charge on any atom is -0.378 e. The molecule has 0 radical (unpaired) electrons. The second-order valence-electron chi connectivity index (χ2n) is 5.37. The summed E-state index contributed by atoms with van der Waals surface area (Å²) in [4.78, 5) is 12.3. The number of likely N-dealkylation sites (tertiary alicyclic amines) is 1. The summed E-state index contributed by atoms with van der Waals surface area (Å²) < 4.78 is 7.75. The number of rotatable bonds is 4. The van der Waals surface area contributed by atoms with Gasteiger partial charge in [0.2, 0.25) is 0 Å². The number of fused-ring (bicyclic) bond motifs is 1. The molecule has 7 heteroatoms. The SMILES string of the molecule is CCOC1CCN(C(=NC)NCc2cn3ccsc3n2)CC1. The van der Waals surface area contributed by atoms with Gasteiger partial charge in [0, 0.05) is 44.5 Å². The van der Waals surface area contributed by atoms with E-state index >= 15 is 0 Å². The zero-order valence-electron chi connectivity index (χ0n) is 13.2. The second-order valence-corrected chi connectivity index (χ2v) is 6.24. The van der Waals surface area contributed by atoms with Crippen LogP contribution in [0.3, 0.4) is 0 Å². The molecule has 1 aliphatic rings. The molecular formula is C15H23N5OS. The fourth-order valence-corrected chi connectivity index (χ4v) is 3.55. The summed E-state index contributed by atoms with van der Waals surface area (Å²) in [5, 5.41) is 5.46. The first-order valence-corrected chi connectivity index (χ1v) is 8.66. The van der Waals surface area contributed by atoms with Crippen LogP contribution >= 0.6 is 11.3 Å². The minimum atomic E-state index is 0.402. The average Bonchev–Trinajstić information content (AvgIpc) is 3.11. The molecule has 0 amide bonds. The van der Waals surface area contributed by atoms with E-state index in [0.717, 1.165) is 49.2 Å². The maximum Gasteiger partial charge on any atom is 0.193 e.